The van der Waals surface area contributed by atoms with E-state index in [1.54, 1.807) is 6.07 Å². The van der Waals surface area contributed by atoms with Gasteiger partial charge in [-0.3, -0.25) is 4.79 Å². The largest absolute Gasteiger partial charge is 0.350 e. The van der Waals surface area contributed by atoms with Crippen LogP contribution >= 0.6 is 0 Å². The van der Waals surface area contributed by atoms with E-state index in [1.807, 2.05) is 32.0 Å². The van der Waals surface area contributed by atoms with Crippen LogP contribution in [0.3, 0.4) is 0 Å². The Hall–Kier alpha value is -2.48. The molecule has 1 unspecified atom stereocenters. The number of aryl methyl sites for hydroxylation is 2. The number of rotatable bonds is 6. The molecular weight excluding hydrogens is 364 g/mol. The molecule has 144 valence electrons. The second-order valence-corrected chi connectivity index (χ2v) is 8.85. The lowest BCUT2D eigenvalue weighted by Gasteiger charge is -2.15. The molecule has 1 fully saturated rings. The SMILES string of the molecule is CCc1cccc(CC)c1NC(=O)c1ccnc(NC2CCS(=O)(=O)C2)n1. The van der Waals surface area contributed by atoms with Crippen LogP contribution in [0.5, 0.6) is 0 Å². The number of carbonyl (C=O) groups is 1. The number of amides is 1. The molecule has 3 rings (SSSR count). The van der Waals surface area contributed by atoms with E-state index in [9.17, 15) is 13.2 Å². The van der Waals surface area contributed by atoms with Crippen molar-refractivity contribution in [1.82, 2.24) is 9.97 Å². The Morgan fingerprint density at radius 3 is 2.48 bits per heavy atom. The van der Waals surface area contributed by atoms with Gasteiger partial charge in [0.2, 0.25) is 5.95 Å². The molecule has 2 heterocycles. The van der Waals surface area contributed by atoms with E-state index in [0.29, 0.717) is 6.42 Å². The number of aromatic nitrogens is 2. The summed E-state index contributed by atoms with van der Waals surface area (Å²) in [5.41, 5.74) is 3.22. The Balaban J connectivity index is 1.77. The van der Waals surface area contributed by atoms with E-state index < -0.39 is 9.84 Å². The van der Waals surface area contributed by atoms with Gasteiger partial charge < -0.3 is 10.6 Å². The predicted molar refractivity (Wildman–Crippen MR) is 106 cm³/mol. The van der Waals surface area contributed by atoms with E-state index >= 15 is 0 Å². The van der Waals surface area contributed by atoms with Crippen molar-refractivity contribution in [2.75, 3.05) is 22.1 Å². The highest BCUT2D eigenvalue weighted by Gasteiger charge is 2.28. The summed E-state index contributed by atoms with van der Waals surface area (Å²) in [6, 6.07) is 7.33. The van der Waals surface area contributed by atoms with E-state index in [4.69, 9.17) is 0 Å². The zero-order valence-corrected chi connectivity index (χ0v) is 16.3. The van der Waals surface area contributed by atoms with Gasteiger partial charge in [0.25, 0.3) is 5.91 Å². The molecular formula is C19H24N4O3S. The molecule has 1 atom stereocenters. The third-order valence-corrected chi connectivity index (χ3v) is 6.46. The average Bonchev–Trinajstić information content (AvgIpc) is 3.00. The first kappa shape index (κ1) is 19.3. The smallest absolute Gasteiger partial charge is 0.274 e. The number of nitrogens with zero attached hydrogens (tertiary/aromatic N) is 2. The Bertz CT molecular complexity index is 921. The number of anilines is 2. The zero-order chi connectivity index (χ0) is 19.4. The fraction of sp³-hybridized carbons (Fsp3) is 0.421. The van der Waals surface area contributed by atoms with Crippen LogP contribution in [0.2, 0.25) is 0 Å². The van der Waals surface area contributed by atoms with Crippen molar-refractivity contribution < 1.29 is 13.2 Å². The minimum absolute atomic E-state index is 0.0660. The summed E-state index contributed by atoms with van der Waals surface area (Å²) >= 11 is 0. The molecule has 0 bridgehead atoms. The standard InChI is InChI=1S/C19H24N4O3S/c1-3-13-6-5-7-14(4-2)17(13)23-18(24)16-8-10-20-19(22-16)21-15-9-11-27(25,26)12-15/h5-8,10,15H,3-4,9,11-12H2,1-2H3,(H,23,24)(H,20,21,22). The predicted octanol–water partition coefficient (Wildman–Crippen LogP) is 2.45. The molecule has 1 aliphatic heterocycles. The van der Waals surface area contributed by atoms with Crippen molar-refractivity contribution in [3.8, 4) is 0 Å². The van der Waals surface area contributed by atoms with Crippen LogP contribution in [0, 0.1) is 0 Å². The summed E-state index contributed by atoms with van der Waals surface area (Å²) in [6.07, 6.45) is 3.65. The van der Waals surface area contributed by atoms with Gasteiger partial charge in [-0.25, -0.2) is 18.4 Å². The fourth-order valence-electron chi connectivity index (χ4n) is 3.23. The van der Waals surface area contributed by atoms with Crippen molar-refractivity contribution in [2.45, 2.75) is 39.2 Å². The van der Waals surface area contributed by atoms with Gasteiger partial charge in [0.1, 0.15) is 5.69 Å². The van der Waals surface area contributed by atoms with Crippen LogP contribution in [-0.2, 0) is 22.7 Å². The molecule has 0 aliphatic carbocycles. The van der Waals surface area contributed by atoms with Crippen molar-refractivity contribution in [1.29, 1.82) is 0 Å². The molecule has 1 aromatic heterocycles. The van der Waals surface area contributed by atoms with E-state index in [0.717, 1.165) is 29.7 Å². The maximum absolute atomic E-state index is 12.7. The maximum atomic E-state index is 12.7. The van der Waals surface area contributed by atoms with Crippen LogP contribution in [0.15, 0.2) is 30.5 Å². The normalized spacial score (nSPS) is 18.2. The van der Waals surface area contributed by atoms with E-state index in [-0.39, 0.29) is 35.1 Å². The van der Waals surface area contributed by atoms with Gasteiger partial charge in [-0.2, -0.15) is 0 Å². The van der Waals surface area contributed by atoms with E-state index in [2.05, 4.69) is 20.6 Å². The summed E-state index contributed by atoms with van der Waals surface area (Å²) in [5, 5.41) is 6.00. The molecule has 0 spiro atoms. The Labute approximate surface area is 159 Å². The van der Waals surface area contributed by atoms with Crippen LogP contribution in [0.4, 0.5) is 11.6 Å². The number of benzene rings is 1. The number of sulfone groups is 1. The average molecular weight is 388 g/mol. The zero-order valence-electron chi connectivity index (χ0n) is 15.5. The van der Waals surface area contributed by atoms with Crippen molar-refractivity contribution in [3.63, 3.8) is 0 Å². The number of nitrogens with one attached hydrogen (secondary N) is 2. The molecule has 0 saturated carbocycles. The maximum Gasteiger partial charge on any atom is 0.274 e. The Morgan fingerprint density at radius 2 is 1.89 bits per heavy atom. The van der Waals surface area contributed by atoms with Gasteiger partial charge in [0, 0.05) is 17.9 Å². The number of hydrogen-bond acceptors (Lipinski definition) is 6. The Morgan fingerprint density at radius 1 is 1.19 bits per heavy atom. The second-order valence-electron chi connectivity index (χ2n) is 6.62. The molecule has 0 radical (unpaired) electrons. The van der Waals surface area contributed by atoms with Gasteiger partial charge in [-0.1, -0.05) is 32.0 Å². The lowest BCUT2D eigenvalue weighted by Crippen LogP contribution is -2.23. The topological polar surface area (TPSA) is 101 Å². The van der Waals surface area contributed by atoms with Gasteiger partial charge in [-0.05, 0) is 36.5 Å². The molecule has 1 aromatic carbocycles. The molecule has 1 saturated heterocycles. The number of carbonyl (C=O) groups excluding carboxylic acids is 1. The highest BCUT2D eigenvalue weighted by molar-refractivity contribution is 7.91. The van der Waals surface area contributed by atoms with Gasteiger partial charge >= 0.3 is 0 Å². The van der Waals surface area contributed by atoms with Crippen molar-refractivity contribution >= 4 is 27.4 Å². The third-order valence-electron chi connectivity index (χ3n) is 4.69. The number of hydrogen-bond donors (Lipinski definition) is 2. The highest BCUT2D eigenvalue weighted by Crippen LogP contribution is 2.23. The summed E-state index contributed by atoms with van der Waals surface area (Å²) in [5.74, 6) is 0.189. The minimum atomic E-state index is -3.00. The van der Waals surface area contributed by atoms with Crippen LogP contribution < -0.4 is 10.6 Å². The Kier molecular flexibility index (Phi) is 5.74. The van der Waals surface area contributed by atoms with Crippen LogP contribution in [0.1, 0.15) is 41.9 Å². The van der Waals surface area contributed by atoms with E-state index in [1.165, 1.54) is 6.20 Å². The summed E-state index contributed by atoms with van der Waals surface area (Å²) in [7, 11) is -3.00. The molecule has 7 nitrogen and oxygen atoms in total. The first-order chi connectivity index (χ1) is 12.9. The molecule has 27 heavy (non-hydrogen) atoms. The number of para-hydroxylation sites is 1. The quantitative estimate of drug-likeness (QED) is 0.788. The minimum Gasteiger partial charge on any atom is -0.350 e. The molecule has 2 N–H and O–H groups in total. The van der Waals surface area contributed by atoms with Gasteiger partial charge in [0.05, 0.1) is 11.5 Å². The highest BCUT2D eigenvalue weighted by atomic mass is 32.2. The van der Waals surface area contributed by atoms with Crippen LogP contribution in [0.25, 0.3) is 0 Å². The molecule has 1 amide bonds. The lowest BCUT2D eigenvalue weighted by molar-refractivity contribution is 0.102. The van der Waals surface area contributed by atoms with Crippen LogP contribution in [-0.4, -0.2) is 41.8 Å². The van der Waals surface area contributed by atoms with Gasteiger partial charge in [0.15, 0.2) is 9.84 Å². The van der Waals surface area contributed by atoms with Crippen molar-refractivity contribution in [3.05, 3.63) is 47.3 Å². The van der Waals surface area contributed by atoms with Crippen molar-refractivity contribution in [2.24, 2.45) is 0 Å². The molecule has 8 heteroatoms. The summed E-state index contributed by atoms with van der Waals surface area (Å²) < 4.78 is 23.2. The van der Waals surface area contributed by atoms with Gasteiger partial charge in [-0.15, -0.1) is 0 Å². The summed E-state index contributed by atoms with van der Waals surface area (Å²) in [4.78, 5) is 21.1. The first-order valence-electron chi connectivity index (χ1n) is 9.14. The fourth-order valence-corrected chi connectivity index (χ4v) is 4.90. The summed E-state index contributed by atoms with van der Waals surface area (Å²) in [6.45, 7) is 4.10. The lowest BCUT2D eigenvalue weighted by atomic mass is 10.0. The monoisotopic (exact) mass is 388 g/mol. The molecule has 1 aliphatic rings. The first-order valence-corrected chi connectivity index (χ1v) is 11.0. The molecule has 2 aromatic rings. The second kappa shape index (κ2) is 8.04. The third kappa shape index (κ3) is 4.63.